The quantitative estimate of drug-likeness (QED) is 0.479. The number of aliphatic carboxylic acids is 1. The molecular weight excluding hydrogens is 402 g/mol. The SMILES string of the molecule is O=C(O)COc1ccc(Br)cc1/C=C\c1nc(O)c([N+](=O)[O-])c(=O)[nH]1. The molecule has 0 spiro atoms. The van der Waals surface area contributed by atoms with E-state index >= 15 is 0 Å². The lowest BCUT2D eigenvalue weighted by atomic mass is 10.2. The van der Waals surface area contributed by atoms with Crippen LogP contribution in [0.15, 0.2) is 27.5 Å². The van der Waals surface area contributed by atoms with Gasteiger partial charge >= 0.3 is 17.2 Å². The predicted molar refractivity (Wildman–Crippen MR) is 89.4 cm³/mol. The van der Waals surface area contributed by atoms with Gasteiger partial charge < -0.3 is 19.9 Å². The van der Waals surface area contributed by atoms with Crippen molar-refractivity contribution < 1.29 is 24.7 Å². The van der Waals surface area contributed by atoms with Crippen LogP contribution in [0.3, 0.4) is 0 Å². The Hall–Kier alpha value is -3.21. The van der Waals surface area contributed by atoms with E-state index < -0.39 is 34.6 Å². The average molecular weight is 412 g/mol. The summed E-state index contributed by atoms with van der Waals surface area (Å²) in [4.78, 5) is 37.5. The third-order valence-corrected chi connectivity index (χ3v) is 3.31. The number of halogens is 1. The molecule has 11 heteroatoms. The number of carboxylic acid groups (broad SMARTS) is 1. The van der Waals surface area contributed by atoms with Gasteiger partial charge in [-0.3, -0.25) is 14.9 Å². The van der Waals surface area contributed by atoms with Gasteiger partial charge in [-0.2, -0.15) is 4.98 Å². The highest BCUT2D eigenvalue weighted by Gasteiger charge is 2.21. The Kier molecular flexibility index (Phi) is 5.49. The number of nitro groups is 1. The van der Waals surface area contributed by atoms with Crippen LogP contribution in [0, 0.1) is 10.1 Å². The van der Waals surface area contributed by atoms with Crippen LogP contribution >= 0.6 is 15.9 Å². The van der Waals surface area contributed by atoms with Crippen LogP contribution in [0.1, 0.15) is 11.4 Å². The van der Waals surface area contributed by atoms with Crippen molar-refractivity contribution in [2.45, 2.75) is 0 Å². The van der Waals surface area contributed by atoms with Crippen LogP contribution in [0.4, 0.5) is 5.69 Å². The standard InChI is InChI=1S/C14H10BrN3O7/c15-8-2-3-9(25-6-11(19)20)7(5-8)1-4-10-16-13(21)12(18(23)24)14(22)17-10/h1-5H,6H2,(H,19,20)(H2,16,17,21,22)/b4-1-. The third-order valence-electron chi connectivity index (χ3n) is 2.82. The van der Waals surface area contributed by atoms with E-state index in [2.05, 4.69) is 25.9 Å². The van der Waals surface area contributed by atoms with Crippen LogP contribution in [0.5, 0.6) is 11.6 Å². The lowest BCUT2D eigenvalue weighted by molar-refractivity contribution is -0.387. The van der Waals surface area contributed by atoms with Gasteiger partial charge in [-0.15, -0.1) is 0 Å². The second-order valence-corrected chi connectivity index (χ2v) is 5.49. The van der Waals surface area contributed by atoms with Gasteiger partial charge in [0.2, 0.25) is 0 Å². The van der Waals surface area contributed by atoms with E-state index in [1.165, 1.54) is 18.2 Å². The fraction of sp³-hybridized carbons (Fsp3) is 0.0714. The minimum Gasteiger partial charge on any atom is -0.488 e. The van der Waals surface area contributed by atoms with Crippen molar-refractivity contribution in [2.75, 3.05) is 6.61 Å². The molecule has 0 aliphatic carbocycles. The molecule has 10 nitrogen and oxygen atoms in total. The normalized spacial score (nSPS) is 10.8. The first-order valence-electron chi connectivity index (χ1n) is 6.58. The maximum Gasteiger partial charge on any atom is 0.395 e. The van der Waals surface area contributed by atoms with Gasteiger partial charge in [0, 0.05) is 10.0 Å². The summed E-state index contributed by atoms with van der Waals surface area (Å²) < 4.78 is 5.82. The summed E-state index contributed by atoms with van der Waals surface area (Å²) in [5.74, 6) is -2.03. The van der Waals surface area contributed by atoms with Crippen LogP contribution in [0.2, 0.25) is 0 Å². The number of ether oxygens (including phenoxy) is 1. The maximum absolute atomic E-state index is 11.6. The molecule has 0 amide bonds. The highest BCUT2D eigenvalue weighted by atomic mass is 79.9. The lowest BCUT2D eigenvalue weighted by Gasteiger charge is -2.07. The van der Waals surface area contributed by atoms with E-state index in [-0.39, 0.29) is 11.6 Å². The number of aromatic amines is 1. The largest absolute Gasteiger partial charge is 0.488 e. The average Bonchev–Trinajstić information content (AvgIpc) is 2.50. The summed E-state index contributed by atoms with van der Waals surface area (Å²) in [6.07, 6.45) is 2.71. The summed E-state index contributed by atoms with van der Waals surface area (Å²) >= 11 is 3.26. The summed E-state index contributed by atoms with van der Waals surface area (Å²) in [5.41, 5.74) is -1.70. The molecule has 130 valence electrons. The number of nitrogens with zero attached hydrogens (tertiary/aromatic N) is 2. The number of nitrogens with one attached hydrogen (secondary N) is 1. The van der Waals surface area contributed by atoms with Crippen molar-refractivity contribution in [1.29, 1.82) is 0 Å². The van der Waals surface area contributed by atoms with Crippen molar-refractivity contribution in [3.63, 3.8) is 0 Å². The van der Waals surface area contributed by atoms with Gasteiger partial charge in [-0.05, 0) is 30.4 Å². The van der Waals surface area contributed by atoms with E-state index in [0.29, 0.717) is 10.0 Å². The molecule has 1 aromatic heterocycles. The number of hydrogen-bond donors (Lipinski definition) is 3. The zero-order valence-corrected chi connectivity index (χ0v) is 13.9. The highest BCUT2D eigenvalue weighted by molar-refractivity contribution is 9.10. The highest BCUT2D eigenvalue weighted by Crippen LogP contribution is 2.25. The van der Waals surface area contributed by atoms with Crippen molar-refractivity contribution in [3.05, 3.63) is 54.5 Å². The van der Waals surface area contributed by atoms with Gasteiger partial charge in [-0.1, -0.05) is 15.9 Å². The molecule has 3 N–H and O–H groups in total. The van der Waals surface area contributed by atoms with Crippen LogP contribution < -0.4 is 10.3 Å². The summed E-state index contributed by atoms with van der Waals surface area (Å²) in [5, 5.41) is 28.8. The molecule has 0 radical (unpaired) electrons. The van der Waals surface area contributed by atoms with E-state index in [1.54, 1.807) is 12.1 Å². The molecule has 0 aliphatic heterocycles. The first-order chi connectivity index (χ1) is 11.8. The van der Waals surface area contributed by atoms with E-state index in [4.69, 9.17) is 9.84 Å². The Bertz CT molecular complexity index is 923. The zero-order valence-electron chi connectivity index (χ0n) is 12.3. The molecule has 0 saturated carbocycles. The number of carboxylic acids is 1. The van der Waals surface area contributed by atoms with E-state index in [0.717, 1.165) is 0 Å². The van der Waals surface area contributed by atoms with Gasteiger partial charge in [0.05, 0.1) is 4.92 Å². The van der Waals surface area contributed by atoms with Crippen molar-refractivity contribution in [2.24, 2.45) is 0 Å². The molecule has 0 unspecified atom stereocenters. The minimum atomic E-state index is -1.15. The molecule has 1 heterocycles. The predicted octanol–water partition coefficient (Wildman–Crippen LogP) is 1.78. The van der Waals surface area contributed by atoms with Gasteiger partial charge in [0.15, 0.2) is 6.61 Å². The van der Waals surface area contributed by atoms with E-state index in [1.807, 2.05) is 0 Å². The van der Waals surface area contributed by atoms with Crippen LogP contribution in [-0.2, 0) is 4.79 Å². The minimum absolute atomic E-state index is 0.128. The Morgan fingerprint density at radius 3 is 2.76 bits per heavy atom. The fourth-order valence-corrected chi connectivity index (χ4v) is 2.18. The summed E-state index contributed by atoms with van der Waals surface area (Å²) in [6.45, 7) is -0.546. The Morgan fingerprint density at radius 1 is 1.44 bits per heavy atom. The molecule has 2 rings (SSSR count). The Labute approximate surface area is 147 Å². The molecule has 0 fully saturated rings. The van der Waals surface area contributed by atoms with E-state index in [9.17, 15) is 24.8 Å². The summed E-state index contributed by atoms with van der Waals surface area (Å²) in [6, 6.07) is 4.81. The van der Waals surface area contributed by atoms with Crippen molar-refractivity contribution in [1.82, 2.24) is 9.97 Å². The number of H-pyrrole nitrogens is 1. The topological polar surface area (TPSA) is 156 Å². The fourth-order valence-electron chi connectivity index (χ4n) is 1.80. The lowest BCUT2D eigenvalue weighted by Crippen LogP contribution is -2.14. The monoisotopic (exact) mass is 411 g/mol. The number of hydrogen-bond acceptors (Lipinski definition) is 7. The van der Waals surface area contributed by atoms with Crippen molar-refractivity contribution >= 4 is 39.7 Å². The second kappa shape index (κ2) is 7.57. The van der Waals surface area contributed by atoms with Crippen LogP contribution in [0.25, 0.3) is 12.2 Å². The molecule has 0 bridgehead atoms. The second-order valence-electron chi connectivity index (χ2n) is 4.58. The molecule has 25 heavy (non-hydrogen) atoms. The van der Waals surface area contributed by atoms with Crippen molar-refractivity contribution in [3.8, 4) is 11.6 Å². The Morgan fingerprint density at radius 2 is 2.16 bits per heavy atom. The third kappa shape index (κ3) is 4.64. The first-order valence-corrected chi connectivity index (χ1v) is 7.37. The first kappa shape index (κ1) is 18.1. The molecule has 0 aliphatic rings. The van der Waals surface area contributed by atoms with Gasteiger partial charge in [0.1, 0.15) is 11.6 Å². The smallest absolute Gasteiger partial charge is 0.395 e. The molecule has 2 aromatic rings. The zero-order chi connectivity index (χ0) is 18.6. The Balaban J connectivity index is 2.36. The number of aromatic hydroxyl groups is 1. The number of benzene rings is 1. The number of carbonyl (C=O) groups is 1. The van der Waals surface area contributed by atoms with Gasteiger partial charge in [-0.25, -0.2) is 4.79 Å². The molecule has 0 atom stereocenters. The van der Waals surface area contributed by atoms with Crippen LogP contribution in [-0.4, -0.2) is 37.7 Å². The molecule has 0 saturated heterocycles. The molecular formula is C14H10BrN3O7. The number of rotatable bonds is 6. The number of aromatic nitrogens is 2. The van der Waals surface area contributed by atoms with Gasteiger partial charge in [0.25, 0.3) is 5.88 Å². The molecule has 1 aromatic carbocycles. The summed E-state index contributed by atoms with van der Waals surface area (Å²) in [7, 11) is 0. The maximum atomic E-state index is 11.6.